The Bertz CT molecular complexity index is 595. The van der Waals surface area contributed by atoms with E-state index in [1.807, 2.05) is 42.7 Å². The summed E-state index contributed by atoms with van der Waals surface area (Å²) in [5, 5.41) is 0. The molecule has 0 amide bonds. The van der Waals surface area contributed by atoms with Gasteiger partial charge >= 0.3 is 5.97 Å². The Balaban J connectivity index is 1.72. The number of nitrogens with zero attached hydrogens (tertiary/aromatic N) is 2. The number of para-hydroxylation sites is 2. The van der Waals surface area contributed by atoms with Crippen LogP contribution in [0.5, 0.6) is 0 Å². The minimum absolute atomic E-state index is 0.0655. The molecule has 2 N–H and O–H groups in total. The zero-order chi connectivity index (χ0) is 15.2. The Labute approximate surface area is 123 Å². The maximum Gasteiger partial charge on any atom is 0.323 e. The van der Waals surface area contributed by atoms with Gasteiger partial charge in [0.25, 0.3) is 0 Å². The number of benzene rings is 1. The highest BCUT2D eigenvalue weighted by Crippen LogP contribution is 2.11. The highest BCUT2D eigenvalue weighted by atomic mass is 16.6. The van der Waals surface area contributed by atoms with Crippen LogP contribution in [-0.4, -0.2) is 34.8 Å². The third-order valence-corrected chi connectivity index (χ3v) is 3.22. The zero-order valence-corrected chi connectivity index (χ0v) is 12.4. The van der Waals surface area contributed by atoms with E-state index < -0.39 is 6.04 Å². The van der Waals surface area contributed by atoms with Crippen molar-refractivity contribution in [2.75, 3.05) is 13.2 Å². The molecule has 0 aliphatic carbocycles. The van der Waals surface area contributed by atoms with Crippen LogP contribution in [0.1, 0.15) is 13.8 Å². The van der Waals surface area contributed by atoms with Crippen molar-refractivity contribution < 1.29 is 14.3 Å². The molecule has 0 bridgehead atoms. The van der Waals surface area contributed by atoms with Gasteiger partial charge in [-0.15, -0.1) is 0 Å². The van der Waals surface area contributed by atoms with Crippen LogP contribution in [0.3, 0.4) is 0 Å². The fraction of sp³-hybridized carbons (Fsp3) is 0.467. The first kappa shape index (κ1) is 15.5. The zero-order valence-electron chi connectivity index (χ0n) is 12.4. The molecule has 6 heteroatoms. The SMILES string of the molecule is CC(C)[C@H](N)C(=O)OCCOCn1cnc2ccccc21. The number of carbonyl (C=O) groups excluding carboxylic acids is 1. The first-order valence-corrected chi connectivity index (χ1v) is 6.99. The fourth-order valence-electron chi connectivity index (χ4n) is 1.85. The van der Waals surface area contributed by atoms with Crippen LogP contribution in [0, 0.1) is 5.92 Å². The lowest BCUT2D eigenvalue weighted by Crippen LogP contribution is -2.37. The monoisotopic (exact) mass is 291 g/mol. The lowest BCUT2D eigenvalue weighted by atomic mass is 10.1. The molecule has 1 atom stereocenters. The van der Waals surface area contributed by atoms with Gasteiger partial charge in [-0.1, -0.05) is 26.0 Å². The standard InChI is InChI=1S/C15H21N3O3/c1-11(2)14(16)15(19)21-8-7-20-10-18-9-17-12-5-3-4-6-13(12)18/h3-6,9,11,14H,7-8,10,16H2,1-2H3/t14-/m0/s1. The number of esters is 1. The number of hydrogen-bond donors (Lipinski definition) is 1. The Kier molecular flexibility index (Phi) is 5.30. The van der Waals surface area contributed by atoms with Crippen molar-refractivity contribution in [3.63, 3.8) is 0 Å². The quantitative estimate of drug-likeness (QED) is 0.618. The Morgan fingerprint density at radius 1 is 1.33 bits per heavy atom. The van der Waals surface area contributed by atoms with E-state index in [0.717, 1.165) is 11.0 Å². The normalized spacial score (nSPS) is 12.8. The molecular weight excluding hydrogens is 270 g/mol. The predicted molar refractivity (Wildman–Crippen MR) is 79.5 cm³/mol. The molecule has 21 heavy (non-hydrogen) atoms. The van der Waals surface area contributed by atoms with Gasteiger partial charge in [-0.25, -0.2) is 4.98 Å². The number of imidazole rings is 1. The molecule has 2 aromatic rings. The van der Waals surface area contributed by atoms with Crippen LogP contribution in [0.25, 0.3) is 11.0 Å². The summed E-state index contributed by atoms with van der Waals surface area (Å²) in [6, 6.07) is 7.24. The summed E-state index contributed by atoms with van der Waals surface area (Å²) in [6.45, 7) is 4.66. The van der Waals surface area contributed by atoms with Crippen molar-refractivity contribution in [3.8, 4) is 0 Å². The van der Waals surface area contributed by atoms with Gasteiger partial charge in [0.05, 0.1) is 24.0 Å². The number of aromatic nitrogens is 2. The lowest BCUT2D eigenvalue weighted by molar-refractivity contribution is -0.148. The molecule has 0 fully saturated rings. The van der Waals surface area contributed by atoms with E-state index in [9.17, 15) is 4.79 Å². The van der Waals surface area contributed by atoms with Crippen molar-refractivity contribution in [1.82, 2.24) is 9.55 Å². The summed E-state index contributed by atoms with van der Waals surface area (Å²) in [4.78, 5) is 15.8. The van der Waals surface area contributed by atoms with Crippen molar-refractivity contribution in [2.24, 2.45) is 11.7 Å². The molecule has 114 valence electrons. The number of rotatable bonds is 7. The van der Waals surface area contributed by atoms with Crippen LogP contribution in [0.15, 0.2) is 30.6 Å². The molecule has 0 aliphatic heterocycles. The first-order chi connectivity index (χ1) is 10.1. The van der Waals surface area contributed by atoms with Gasteiger partial charge in [0, 0.05) is 0 Å². The minimum atomic E-state index is -0.581. The van der Waals surface area contributed by atoms with Crippen LogP contribution in [0.4, 0.5) is 0 Å². The maximum atomic E-state index is 11.5. The van der Waals surface area contributed by atoms with E-state index in [-0.39, 0.29) is 18.5 Å². The molecule has 0 aliphatic rings. The molecule has 0 saturated heterocycles. The summed E-state index contributed by atoms with van der Waals surface area (Å²) in [5.41, 5.74) is 7.62. The van der Waals surface area contributed by atoms with Gasteiger partial charge in [0.1, 0.15) is 19.4 Å². The van der Waals surface area contributed by atoms with Crippen molar-refractivity contribution in [2.45, 2.75) is 26.6 Å². The van der Waals surface area contributed by atoms with Gasteiger partial charge in [-0.3, -0.25) is 4.79 Å². The molecule has 1 heterocycles. The van der Waals surface area contributed by atoms with Gasteiger partial charge < -0.3 is 19.8 Å². The van der Waals surface area contributed by atoms with Gasteiger partial charge in [-0.05, 0) is 18.1 Å². The maximum absolute atomic E-state index is 11.5. The van der Waals surface area contributed by atoms with E-state index >= 15 is 0 Å². The average molecular weight is 291 g/mol. The Morgan fingerprint density at radius 2 is 2.10 bits per heavy atom. The molecule has 0 unspecified atom stereocenters. The van der Waals surface area contributed by atoms with E-state index in [1.54, 1.807) is 6.33 Å². The summed E-state index contributed by atoms with van der Waals surface area (Å²) < 4.78 is 12.4. The summed E-state index contributed by atoms with van der Waals surface area (Å²) in [5.74, 6) is -0.322. The highest BCUT2D eigenvalue weighted by molar-refractivity contribution is 5.75. The smallest absolute Gasteiger partial charge is 0.323 e. The van der Waals surface area contributed by atoms with E-state index in [1.165, 1.54) is 0 Å². The number of fused-ring (bicyclic) bond motifs is 1. The Hall–Kier alpha value is -1.92. The van der Waals surface area contributed by atoms with Crippen LogP contribution in [-0.2, 0) is 21.0 Å². The molecular formula is C15H21N3O3. The molecule has 0 radical (unpaired) electrons. The molecule has 2 rings (SSSR count). The second-order valence-corrected chi connectivity index (χ2v) is 5.18. The van der Waals surface area contributed by atoms with Crippen LogP contribution in [0.2, 0.25) is 0 Å². The lowest BCUT2D eigenvalue weighted by Gasteiger charge is -2.14. The predicted octanol–water partition coefficient (Wildman–Crippen LogP) is 1.54. The van der Waals surface area contributed by atoms with E-state index in [2.05, 4.69) is 4.98 Å². The van der Waals surface area contributed by atoms with Gasteiger partial charge in [0.2, 0.25) is 0 Å². The second kappa shape index (κ2) is 7.19. The van der Waals surface area contributed by atoms with Gasteiger partial charge in [-0.2, -0.15) is 0 Å². The molecule has 0 saturated carbocycles. The van der Waals surface area contributed by atoms with Crippen molar-refractivity contribution in [1.29, 1.82) is 0 Å². The third-order valence-electron chi connectivity index (χ3n) is 3.22. The van der Waals surface area contributed by atoms with Gasteiger partial charge in [0.15, 0.2) is 0 Å². The molecule has 1 aromatic carbocycles. The molecule has 0 spiro atoms. The number of hydrogen-bond acceptors (Lipinski definition) is 5. The number of carbonyl (C=O) groups is 1. The fourth-order valence-corrected chi connectivity index (χ4v) is 1.85. The third kappa shape index (κ3) is 4.03. The Morgan fingerprint density at radius 3 is 2.86 bits per heavy atom. The van der Waals surface area contributed by atoms with Crippen molar-refractivity contribution in [3.05, 3.63) is 30.6 Å². The summed E-state index contributed by atoms with van der Waals surface area (Å²) in [7, 11) is 0. The molecule has 6 nitrogen and oxygen atoms in total. The minimum Gasteiger partial charge on any atom is -0.462 e. The van der Waals surface area contributed by atoms with Crippen LogP contribution < -0.4 is 5.73 Å². The number of nitrogens with two attached hydrogens (primary N) is 1. The number of ether oxygens (including phenoxy) is 2. The van der Waals surface area contributed by atoms with Crippen molar-refractivity contribution >= 4 is 17.0 Å². The van der Waals surface area contributed by atoms with E-state index in [0.29, 0.717) is 13.3 Å². The highest BCUT2D eigenvalue weighted by Gasteiger charge is 2.18. The summed E-state index contributed by atoms with van der Waals surface area (Å²) >= 11 is 0. The van der Waals surface area contributed by atoms with E-state index in [4.69, 9.17) is 15.2 Å². The molecule has 1 aromatic heterocycles. The largest absolute Gasteiger partial charge is 0.462 e. The van der Waals surface area contributed by atoms with Crippen LogP contribution >= 0.6 is 0 Å². The second-order valence-electron chi connectivity index (χ2n) is 5.18. The topological polar surface area (TPSA) is 79.4 Å². The average Bonchev–Trinajstić information content (AvgIpc) is 2.89. The summed E-state index contributed by atoms with van der Waals surface area (Å²) in [6.07, 6.45) is 1.73. The first-order valence-electron chi connectivity index (χ1n) is 6.99.